The summed E-state index contributed by atoms with van der Waals surface area (Å²) in [5, 5.41) is 5.35. The van der Waals surface area contributed by atoms with Crippen molar-refractivity contribution in [3.63, 3.8) is 0 Å². The molecule has 3 aromatic rings. The van der Waals surface area contributed by atoms with E-state index in [4.69, 9.17) is 0 Å². The first kappa shape index (κ1) is 11.6. The lowest BCUT2D eigenvalue weighted by Gasteiger charge is -2.07. The number of benzene rings is 3. The van der Waals surface area contributed by atoms with E-state index in [-0.39, 0.29) is 6.15 Å². The van der Waals surface area contributed by atoms with E-state index in [1.165, 1.54) is 32.7 Å². The van der Waals surface area contributed by atoms with Crippen LogP contribution in [0.3, 0.4) is 0 Å². The van der Waals surface area contributed by atoms with Crippen molar-refractivity contribution in [1.82, 2.24) is 6.15 Å². The molecule has 0 bridgehead atoms. The van der Waals surface area contributed by atoms with E-state index >= 15 is 0 Å². The molecule has 86 valence electrons. The predicted molar refractivity (Wildman–Crippen MR) is 76.0 cm³/mol. The van der Waals surface area contributed by atoms with Gasteiger partial charge in [0, 0.05) is 0 Å². The van der Waals surface area contributed by atoms with Crippen LogP contribution in [0.1, 0.15) is 11.1 Å². The van der Waals surface area contributed by atoms with Gasteiger partial charge in [0.2, 0.25) is 0 Å². The maximum Gasteiger partial charge on any atom is -0.0146 e. The van der Waals surface area contributed by atoms with Crippen LogP contribution in [0.2, 0.25) is 0 Å². The Balaban J connectivity index is 0.00000108. The summed E-state index contributed by atoms with van der Waals surface area (Å²) < 4.78 is 0. The highest BCUT2D eigenvalue weighted by Crippen LogP contribution is 2.26. The summed E-state index contributed by atoms with van der Waals surface area (Å²) in [6, 6.07) is 17.5. The van der Waals surface area contributed by atoms with Gasteiger partial charge in [0.05, 0.1) is 0 Å². The molecule has 0 radical (unpaired) electrons. The molecule has 17 heavy (non-hydrogen) atoms. The van der Waals surface area contributed by atoms with Crippen molar-refractivity contribution in [3.8, 4) is 0 Å². The first-order valence-electron chi connectivity index (χ1n) is 5.64. The molecular weight excluding hydrogens is 206 g/mol. The van der Waals surface area contributed by atoms with E-state index in [0.717, 1.165) is 0 Å². The largest absolute Gasteiger partial charge is 0.344 e. The smallest absolute Gasteiger partial charge is 0.0146 e. The lowest BCUT2D eigenvalue weighted by Crippen LogP contribution is -1.84. The number of hydrogen-bond acceptors (Lipinski definition) is 1. The second kappa shape index (κ2) is 4.19. The highest BCUT2D eigenvalue weighted by molar-refractivity contribution is 5.99. The van der Waals surface area contributed by atoms with Crippen LogP contribution in [0.4, 0.5) is 0 Å². The lowest BCUT2D eigenvalue weighted by molar-refractivity contribution is 1.38. The molecule has 1 heteroatoms. The van der Waals surface area contributed by atoms with Crippen LogP contribution in [0.25, 0.3) is 21.5 Å². The molecule has 0 spiro atoms. The van der Waals surface area contributed by atoms with Crippen LogP contribution in [-0.2, 0) is 0 Å². The Morgan fingerprint density at radius 2 is 1.35 bits per heavy atom. The Labute approximate surface area is 102 Å². The van der Waals surface area contributed by atoms with E-state index in [1.807, 2.05) is 0 Å². The fraction of sp³-hybridized carbons (Fsp3) is 0.125. The molecule has 0 heterocycles. The summed E-state index contributed by atoms with van der Waals surface area (Å²) in [5.41, 5.74) is 2.76. The third-order valence-electron chi connectivity index (χ3n) is 3.43. The molecular formula is C16H17N. The maximum absolute atomic E-state index is 2.30. The molecule has 0 atom stereocenters. The highest BCUT2D eigenvalue weighted by atomic mass is 14.1. The summed E-state index contributed by atoms with van der Waals surface area (Å²) in [5.74, 6) is 0. The Morgan fingerprint density at radius 1 is 0.706 bits per heavy atom. The maximum atomic E-state index is 2.30. The van der Waals surface area contributed by atoms with Crippen molar-refractivity contribution < 1.29 is 0 Å². The molecule has 3 rings (SSSR count). The van der Waals surface area contributed by atoms with Gasteiger partial charge in [0.25, 0.3) is 0 Å². The zero-order valence-electron chi connectivity index (χ0n) is 10.3. The van der Waals surface area contributed by atoms with Gasteiger partial charge < -0.3 is 6.15 Å². The van der Waals surface area contributed by atoms with Crippen molar-refractivity contribution in [3.05, 3.63) is 59.7 Å². The zero-order valence-corrected chi connectivity index (χ0v) is 10.3. The Kier molecular flexibility index (Phi) is 2.86. The molecule has 0 aromatic heterocycles. The van der Waals surface area contributed by atoms with Crippen molar-refractivity contribution >= 4 is 21.5 Å². The number of fused-ring (bicyclic) bond motifs is 2. The molecule has 3 aromatic carbocycles. The molecule has 0 fully saturated rings. The van der Waals surface area contributed by atoms with Gasteiger partial charge in [-0.25, -0.2) is 0 Å². The van der Waals surface area contributed by atoms with Crippen LogP contribution in [0.5, 0.6) is 0 Å². The number of hydrogen-bond donors (Lipinski definition) is 1. The first-order valence-corrected chi connectivity index (χ1v) is 5.64. The van der Waals surface area contributed by atoms with Gasteiger partial charge in [0.1, 0.15) is 0 Å². The van der Waals surface area contributed by atoms with Gasteiger partial charge in [-0.3, -0.25) is 0 Å². The second-order valence-corrected chi connectivity index (χ2v) is 4.43. The normalized spacial score (nSPS) is 10.5. The molecule has 3 N–H and O–H groups in total. The predicted octanol–water partition coefficient (Wildman–Crippen LogP) is 4.77. The van der Waals surface area contributed by atoms with E-state index in [2.05, 4.69) is 62.4 Å². The SMILES string of the molecule is Cc1ccc2cc3ccccc3cc2c1C.N. The van der Waals surface area contributed by atoms with Gasteiger partial charge >= 0.3 is 0 Å². The lowest BCUT2D eigenvalue weighted by atomic mass is 9.97. The van der Waals surface area contributed by atoms with Crippen LogP contribution in [-0.4, -0.2) is 0 Å². The molecule has 0 saturated heterocycles. The molecule has 0 unspecified atom stereocenters. The van der Waals surface area contributed by atoms with Crippen molar-refractivity contribution in [2.24, 2.45) is 0 Å². The molecule has 1 nitrogen and oxygen atoms in total. The summed E-state index contributed by atoms with van der Waals surface area (Å²) in [7, 11) is 0. The minimum absolute atomic E-state index is 0. The second-order valence-electron chi connectivity index (χ2n) is 4.43. The summed E-state index contributed by atoms with van der Waals surface area (Å²) in [6.07, 6.45) is 0. The molecule has 0 saturated carbocycles. The highest BCUT2D eigenvalue weighted by Gasteiger charge is 2.01. The van der Waals surface area contributed by atoms with Gasteiger partial charge in [-0.2, -0.15) is 0 Å². The van der Waals surface area contributed by atoms with E-state index < -0.39 is 0 Å². The summed E-state index contributed by atoms with van der Waals surface area (Å²) in [4.78, 5) is 0. The van der Waals surface area contributed by atoms with Gasteiger partial charge in [-0.05, 0) is 58.7 Å². The van der Waals surface area contributed by atoms with E-state index in [9.17, 15) is 0 Å². The molecule has 0 aliphatic rings. The fourth-order valence-electron chi connectivity index (χ4n) is 2.27. The number of aryl methyl sites for hydroxylation is 2. The van der Waals surface area contributed by atoms with Crippen molar-refractivity contribution in [1.29, 1.82) is 0 Å². The van der Waals surface area contributed by atoms with E-state index in [1.54, 1.807) is 0 Å². The topological polar surface area (TPSA) is 35.0 Å². The molecule has 0 aliphatic heterocycles. The van der Waals surface area contributed by atoms with Crippen molar-refractivity contribution in [2.75, 3.05) is 0 Å². The summed E-state index contributed by atoms with van der Waals surface area (Å²) in [6.45, 7) is 4.37. The van der Waals surface area contributed by atoms with Crippen LogP contribution < -0.4 is 6.15 Å². The van der Waals surface area contributed by atoms with Crippen LogP contribution in [0.15, 0.2) is 48.5 Å². The first-order chi connectivity index (χ1) is 7.75. The average molecular weight is 223 g/mol. The Hall–Kier alpha value is -1.86. The quantitative estimate of drug-likeness (QED) is 0.547. The minimum Gasteiger partial charge on any atom is -0.344 e. The van der Waals surface area contributed by atoms with Gasteiger partial charge in [-0.1, -0.05) is 36.4 Å². The average Bonchev–Trinajstić information content (AvgIpc) is 2.32. The summed E-state index contributed by atoms with van der Waals surface area (Å²) >= 11 is 0. The van der Waals surface area contributed by atoms with Gasteiger partial charge in [0.15, 0.2) is 0 Å². The fourth-order valence-corrected chi connectivity index (χ4v) is 2.27. The van der Waals surface area contributed by atoms with Crippen LogP contribution in [0, 0.1) is 13.8 Å². The Morgan fingerprint density at radius 3 is 2.06 bits per heavy atom. The molecule has 0 amide bonds. The van der Waals surface area contributed by atoms with Crippen LogP contribution >= 0.6 is 0 Å². The third-order valence-corrected chi connectivity index (χ3v) is 3.43. The zero-order chi connectivity index (χ0) is 11.1. The minimum atomic E-state index is 0. The monoisotopic (exact) mass is 223 g/mol. The third kappa shape index (κ3) is 1.79. The van der Waals surface area contributed by atoms with E-state index in [0.29, 0.717) is 0 Å². The number of rotatable bonds is 0. The molecule has 0 aliphatic carbocycles. The van der Waals surface area contributed by atoms with Crippen molar-refractivity contribution in [2.45, 2.75) is 13.8 Å². The standard InChI is InChI=1S/C16H14.H3N/c1-11-7-8-15-9-13-5-3-4-6-14(13)10-16(15)12(11)2;/h3-10H,1-2H3;1H3. The Bertz CT molecular complexity index is 683. The van der Waals surface area contributed by atoms with Gasteiger partial charge in [-0.15, -0.1) is 0 Å².